The number of carboxylic acids is 1. The Morgan fingerprint density at radius 2 is 2.10 bits per heavy atom. The molecule has 0 bridgehead atoms. The van der Waals surface area contributed by atoms with Crippen molar-refractivity contribution in [3.8, 4) is 0 Å². The predicted molar refractivity (Wildman–Crippen MR) is 83.8 cm³/mol. The molecule has 1 heterocycles. The largest absolute Gasteiger partial charge is 0.481 e. The Bertz CT molecular complexity index is 518. The first kappa shape index (κ1) is 15.9. The highest BCUT2D eigenvalue weighted by molar-refractivity contribution is 7.80. The number of benzene rings is 1. The molecule has 0 spiro atoms. The van der Waals surface area contributed by atoms with Crippen LogP contribution in [0.25, 0.3) is 0 Å². The van der Waals surface area contributed by atoms with Crippen molar-refractivity contribution in [1.82, 2.24) is 4.90 Å². The fourth-order valence-corrected chi connectivity index (χ4v) is 3.28. The van der Waals surface area contributed by atoms with Crippen molar-refractivity contribution in [2.45, 2.75) is 38.6 Å². The Hall–Kier alpha value is -1.49. The van der Waals surface area contributed by atoms with E-state index in [-0.39, 0.29) is 17.8 Å². The molecule has 1 aliphatic heterocycles. The average Bonchev–Trinajstić information content (AvgIpc) is 2.48. The third-order valence-corrected chi connectivity index (χ3v) is 4.50. The molecule has 5 heteroatoms. The van der Waals surface area contributed by atoms with Gasteiger partial charge in [-0.05, 0) is 37.0 Å². The van der Waals surface area contributed by atoms with Gasteiger partial charge in [0.1, 0.15) is 5.82 Å². The van der Waals surface area contributed by atoms with Crippen LogP contribution in [0.2, 0.25) is 0 Å². The van der Waals surface area contributed by atoms with Crippen LogP contribution in [0, 0.1) is 11.7 Å². The van der Waals surface area contributed by atoms with E-state index in [1.54, 1.807) is 12.1 Å². The van der Waals surface area contributed by atoms with Crippen molar-refractivity contribution in [1.29, 1.82) is 0 Å². The number of carbonyl (C=O) groups is 1. The van der Waals surface area contributed by atoms with Crippen molar-refractivity contribution < 1.29 is 14.3 Å². The van der Waals surface area contributed by atoms with Crippen LogP contribution in [0.5, 0.6) is 0 Å². The number of carboxylic acid groups (broad SMARTS) is 1. The molecular formula is C16H20FNO2S. The van der Waals surface area contributed by atoms with Crippen LogP contribution < -0.4 is 0 Å². The third-order valence-electron chi connectivity index (χ3n) is 4.13. The van der Waals surface area contributed by atoms with Crippen molar-refractivity contribution in [3.63, 3.8) is 0 Å². The number of hydrogen-bond acceptors (Lipinski definition) is 2. The second-order valence-corrected chi connectivity index (χ2v) is 5.98. The normalized spacial score (nSPS) is 22.1. The van der Waals surface area contributed by atoms with Crippen molar-refractivity contribution in [2.75, 3.05) is 6.54 Å². The summed E-state index contributed by atoms with van der Waals surface area (Å²) in [6, 6.07) is 6.55. The Balaban J connectivity index is 2.01. The standard InChI is InChI=1S/C16H20FNO2S/c1-2-14-10-12(16(19)20)7-8-18(14)15(21)9-11-3-5-13(17)6-4-11/h3-6,12,14H,2,7-10H2,1H3,(H,19,20). The smallest absolute Gasteiger partial charge is 0.306 e. The second-order valence-electron chi connectivity index (χ2n) is 5.51. The molecule has 2 rings (SSSR count). The van der Waals surface area contributed by atoms with E-state index in [1.165, 1.54) is 12.1 Å². The Kier molecular flexibility index (Phi) is 5.28. The molecule has 0 amide bonds. The Morgan fingerprint density at radius 1 is 1.43 bits per heavy atom. The summed E-state index contributed by atoms with van der Waals surface area (Å²) in [5.74, 6) is -1.23. The lowest BCUT2D eigenvalue weighted by atomic mass is 9.89. The van der Waals surface area contributed by atoms with Gasteiger partial charge in [-0.1, -0.05) is 31.3 Å². The van der Waals surface area contributed by atoms with Gasteiger partial charge in [0.25, 0.3) is 0 Å². The van der Waals surface area contributed by atoms with Gasteiger partial charge in [-0.3, -0.25) is 4.79 Å². The van der Waals surface area contributed by atoms with Gasteiger partial charge in [0.2, 0.25) is 0 Å². The number of rotatable bonds is 4. The predicted octanol–water partition coefficient (Wildman–Crippen LogP) is 3.27. The molecule has 3 nitrogen and oxygen atoms in total. The summed E-state index contributed by atoms with van der Waals surface area (Å²) in [5, 5.41) is 9.15. The summed E-state index contributed by atoms with van der Waals surface area (Å²) in [7, 11) is 0. The van der Waals surface area contributed by atoms with E-state index in [0.717, 1.165) is 17.0 Å². The van der Waals surface area contributed by atoms with Crippen LogP contribution >= 0.6 is 12.2 Å². The maximum atomic E-state index is 12.9. The third kappa shape index (κ3) is 4.00. The minimum absolute atomic E-state index is 0.188. The summed E-state index contributed by atoms with van der Waals surface area (Å²) < 4.78 is 12.9. The molecule has 114 valence electrons. The van der Waals surface area contributed by atoms with E-state index in [0.29, 0.717) is 25.8 Å². The maximum Gasteiger partial charge on any atom is 0.306 e. The number of piperidine rings is 1. The highest BCUT2D eigenvalue weighted by atomic mass is 32.1. The first-order valence-electron chi connectivity index (χ1n) is 7.28. The van der Waals surface area contributed by atoms with Crippen LogP contribution in [0.15, 0.2) is 24.3 Å². The lowest BCUT2D eigenvalue weighted by Crippen LogP contribution is -2.47. The SMILES string of the molecule is CCC1CC(C(=O)O)CCN1C(=S)Cc1ccc(F)cc1. The van der Waals surface area contributed by atoms with Crippen molar-refractivity contribution in [2.24, 2.45) is 5.92 Å². The van der Waals surface area contributed by atoms with Crippen LogP contribution in [0.4, 0.5) is 4.39 Å². The number of likely N-dealkylation sites (tertiary alicyclic amines) is 1. The van der Waals surface area contributed by atoms with Crippen molar-refractivity contribution >= 4 is 23.2 Å². The molecule has 21 heavy (non-hydrogen) atoms. The van der Waals surface area contributed by atoms with Crippen LogP contribution in [0.3, 0.4) is 0 Å². The van der Waals surface area contributed by atoms with E-state index in [4.69, 9.17) is 17.3 Å². The highest BCUT2D eigenvalue weighted by Gasteiger charge is 2.32. The van der Waals surface area contributed by atoms with Gasteiger partial charge in [0.05, 0.1) is 10.9 Å². The van der Waals surface area contributed by atoms with Gasteiger partial charge in [-0.25, -0.2) is 4.39 Å². The number of thiocarbonyl (C=S) groups is 1. The van der Waals surface area contributed by atoms with E-state index in [2.05, 4.69) is 11.8 Å². The minimum atomic E-state index is -0.711. The Morgan fingerprint density at radius 3 is 2.67 bits per heavy atom. The maximum absolute atomic E-state index is 12.9. The van der Waals surface area contributed by atoms with E-state index >= 15 is 0 Å². The molecule has 0 aliphatic carbocycles. The molecular weight excluding hydrogens is 289 g/mol. The lowest BCUT2D eigenvalue weighted by Gasteiger charge is -2.39. The zero-order valence-electron chi connectivity index (χ0n) is 12.1. The molecule has 1 saturated heterocycles. The zero-order chi connectivity index (χ0) is 15.4. The fraction of sp³-hybridized carbons (Fsp3) is 0.500. The fourth-order valence-electron chi connectivity index (χ4n) is 2.87. The average molecular weight is 309 g/mol. The molecule has 0 radical (unpaired) electrons. The first-order chi connectivity index (χ1) is 10.0. The molecule has 1 aromatic rings. The Labute approximate surface area is 129 Å². The molecule has 1 aromatic carbocycles. The summed E-state index contributed by atoms with van der Waals surface area (Å²) in [5.41, 5.74) is 0.983. The highest BCUT2D eigenvalue weighted by Crippen LogP contribution is 2.26. The summed E-state index contributed by atoms with van der Waals surface area (Å²) >= 11 is 5.52. The first-order valence-corrected chi connectivity index (χ1v) is 7.68. The lowest BCUT2D eigenvalue weighted by molar-refractivity contribution is -0.143. The van der Waals surface area contributed by atoms with Gasteiger partial charge >= 0.3 is 5.97 Å². The number of aliphatic carboxylic acids is 1. The number of nitrogens with zero attached hydrogens (tertiary/aromatic N) is 1. The van der Waals surface area contributed by atoms with Gasteiger partial charge in [-0.2, -0.15) is 0 Å². The summed E-state index contributed by atoms with van der Waals surface area (Å²) in [6.07, 6.45) is 2.77. The quantitative estimate of drug-likeness (QED) is 0.867. The molecule has 0 aromatic heterocycles. The summed E-state index contributed by atoms with van der Waals surface area (Å²) in [6.45, 7) is 2.75. The van der Waals surface area contributed by atoms with Gasteiger partial charge in [0.15, 0.2) is 0 Å². The van der Waals surface area contributed by atoms with Gasteiger partial charge in [0, 0.05) is 19.0 Å². The molecule has 2 atom stereocenters. The minimum Gasteiger partial charge on any atom is -0.481 e. The van der Waals surface area contributed by atoms with E-state index < -0.39 is 5.97 Å². The topological polar surface area (TPSA) is 40.5 Å². The second kappa shape index (κ2) is 6.98. The van der Waals surface area contributed by atoms with Gasteiger partial charge in [-0.15, -0.1) is 0 Å². The monoisotopic (exact) mass is 309 g/mol. The number of hydrogen-bond donors (Lipinski definition) is 1. The molecule has 1 N–H and O–H groups in total. The van der Waals surface area contributed by atoms with Crippen LogP contribution in [-0.2, 0) is 11.2 Å². The van der Waals surface area contributed by atoms with Crippen LogP contribution in [0.1, 0.15) is 31.7 Å². The zero-order valence-corrected chi connectivity index (χ0v) is 12.9. The van der Waals surface area contributed by atoms with Crippen molar-refractivity contribution in [3.05, 3.63) is 35.6 Å². The molecule has 1 fully saturated rings. The summed E-state index contributed by atoms with van der Waals surface area (Å²) in [4.78, 5) is 14.1. The molecule has 1 aliphatic rings. The van der Waals surface area contributed by atoms with E-state index in [1.807, 2.05) is 0 Å². The number of halogens is 1. The molecule has 2 unspecified atom stereocenters. The molecule has 0 saturated carbocycles. The van der Waals surface area contributed by atoms with Crippen LogP contribution in [-0.4, -0.2) is 33.6 Å². The van der Waals surface area contributed by atoms with E-state index in [9.17, 15) is 9.18 Å². The van der Waals surface area contributed by atoms with Gasteiger partial charge < -0.3 is 10.0 Å².